The molecule has 0 aromatic heterocycles. The Bertz CT molecular complexity index is 658. The molecule has 0 spiro atoms. The Hall–Kier alpha value is -1.63. The second kappa shape index (κ2) is 3.72. The van der Waals surface area contributed by atoms with Crippen molar-refractivity contribution < 1.29 is 23.8 Å². The smallest absolute Gasteiger partial charge is 0.205 e. The van der Waals surface area contributed by atoms with E-state index in [1.165, 1.54) is 0 Å². The molecule has 0 aliphatic carbocycles. The van der Waals surface area contributed by atoms with Crippen molar-refractivity contribution in [3.05, 3.63) is 53.8 Å². The molecule has 0 fully saturated rings. The van der Waals surface area contributed by atoms with Crippen molar-refractivity contribution in [2.75, 3.05) is 0 Å². The molecular formula is C13H10F6S. The quantitative estimate of drug-likeness (QED) is 0.558. The predicted molar refractivity (Wildman–Crippen MR) is 68.0 cm³/mol. The molecule has 0 aliphatic rings. The van der Waals surface area contributed by atoms with Gasteiger partial charge in [0.25, 0.3) is 0 Å². The molecule has 20 heavy (non-hydrogen) atoms. The molecule has 0 nitrogen and oxygen atoms in total. The Kier molecular flexibility index (Phi) is 2.75. The lowest BCUT2D eigenvalue weighted by Crippen LogP contribution is -2.08. The maximum absolute atomic E-state index is 13.4. The van der Waals surface area contributed by atoms with Crippen LogP contribution in [0.25, 0.3) is 11.1 Å². The first-order chi connectivity index (χ1) is 8.86. The van der Waals surface area contributed by atoms with Gasteiger partial charge in [-0.3, -0.25) is 0 Å². The van der Waals surface area contributed by atoms with Crippen LogP contribution in [0.4, 0.5) is 23.8 Å². The lowest BCUT2D eigenvalue weighted by Gasteiger charge is -2.40. The van der Waals surface area contributed by atoms with E-state index in [-0.39, 0.29) is 11.6 Å². The largest absolute Gasteiger partial charge is 0.313 e. The highest BCUT2D eigenvalue weighted by atomic mass is 32.5. The summed E-state index contributed by atoms with van der Waals surface area (Å²) in [6, 6.07) is 7.91. The Labute approximate surface area is 111 Å². The van der Waals surface area contributed by atoms with E-state index < -0.39 is 20.9 Å². The molecule has 0 amide bonds. The first kappa shape index (κ1) is 14.8. The Morgan fingerprint density at radius 2 is 1.25 bits per heavy atom. The van der Waals surface area contributed by atoms with Crippen LogP contribution >= 0.6 is 10.2 Å². The average Bonchev–Trinajstić information content (AvgIpc) is 2.26. The summed E-state index contributed by atoms with van der Waals surface area (Å²) in [4.78, 5) is -2.49. The standard InChI is InChI=1S/C13H10F6S/c1-9-2-4-10(5-3-9)11-6-7-13(12(14)8-11)20(15,16,17,18)19/h2-8H,1H3. The second-order valence-electron chi connectivity index (χ2n) is 4.48. The average molecular weight is 312 g/mol. The van der Waals surface area contributed by atoms with E-state index >= 15 is 0 Å². The van der Waals surface area contributed by atoms with Gasteiger partial charge in [0.05, 0.1) is 0 Å². The minimum Gasteiger partial charge on any atom is -0.205 e. The van der Waals surface area contributed by atoms with Crippen molar-refractivity contribution in [3.63, 3.8) is 0 Å². The van der Waals surface area contributed by atoms with Crippen LogP contribution < -0.4 is 0 Å². The number of rotatable bonds is 2. The van der Waals surface area contributed by atoms with Gasteiger partial charge in [-0.05, 0) is 30.2 Å². The van der Waals surface area contributed by atoms with Crippen LogP contribution in [-0.4, -0.2) is 0 Å². The summed E-state index contributed by atoms with van der Waals surface area (Å²) in [5.41, 5.74) is 1.47. The topological polar surface area (TPSA) is 0 Å². The molecule has 0 N–H and O–H groups in total. The zero-order valence-corrected chi connectivity index (χ0v) is 11.0. The molecule has 2 rings (SSSR count). The Balaban J connectivity index is 2.54. The van der Waals surface area contributed by atoms with Crippen LogP contribution in [0.1, 0.15) is 5.56 Å². The molecule has 7 heteroatoms. The summed E-state index contributed by atoms with van der Waals surface area (Å²) in [6.07, 6.45) is 0. The van der Waals surface area contributed by atoms with E-state index in [0.29, 0.717) is 11.6 Å². The molecule has 0 bridgehead atoms. The van der Waals surface area contributed by atoms with Gasteiger partial charge in [0, 0.05) is 0 Å². The van der Waals surface area contributed by atoms with Crippen LogP contribution in [-0.2, 0) is 0 Å². The zero-order valence-electron chi connectivity index (χ0n) is 10.2. The number of halogens is 6. The van der Waals surface area contributed by atoms with Crippen molar-refractivity contribution in [2.45, 2.75) is 11.8 Å². The lowest BCUT2D eigenvalue weighted by molar-refractivity contribution is 0.355. The molecule has 0 aliphatic heterocycles. The predicted octanol–water partition coefficient (Wildman–Crippen LogP) is 6.46. The maximum atomic E-state index is 13.4. The van der Waals surface area contributed by atoms with Crippen molar-refractivity contribution >= 4 is 10.2 Å². The van der Waals surface area contributed by atoms with Crippen LogP contribution in [0.5, 0.6) is 0 Å². The normalized spacial score (nSPS) is 15.6. The Morgan fingerprint density at radius 3 is 1.70 bits per heavy atom. The van der Waals surface area contributed by atoms with Gasteiger partial charge in [0.2, 0.25) is 0 Å². The van der Waals surface area contributed by atoms with Crippen LogP contribution in [0.3, 0.4) is 0 Å². The van der Waals surface area contributed by atoms with E-state index in [4.69, 9.17) is 0 Å². The molecule has 0 atom stereocenters. The van der Waals surface area contributed by atoms with Gasteiger partial charge in [-0.1, -0.05) is 55.3 Å². The summed E-state index contributed by atoms with van der Waals surface area (Å²) >= 11 is 0. The third kappa shape index (κ3) is 3.09. The monoisotopic (exact) mass is 312 g/mol. The highest BCUT2D eigenvalue weighted by molar-refractivity contribution is 8.45. The van der Waals surface area contributed by atoms with Gasteiger partial charge < -0.3 is 0 Å². The number of aryl methyl sites for hydroxylation is 1. The second-order valence-corrected chi connectivity index (χ2v) is 6.86. The fourth-order valence-electron chi connectivity index (χ4n) is 1.74. The minimum atomic E-state index is -9.99. The molecule has 0 saturated heterocycles. The SMILES string of the molecule is Cc1ccc(-c2ccc(S(F)(F)(F)(F)F)c(F)c2)cc1. The van der Waals surface area contributed by atoms with Gasteiger partial charge in [0.1, 0.15) is 10.7 Å². The fourth-order valence-corrected chi connectivity index (χ4v) is 2.49. The van der Waals surface area contributed by atoms with Crippen molar-refractivity contribution in [1.29, 1.82) is 0 Å². The van der Waals surface area contributed by atoms with Gasteiger partial charge in [0.15, 0.2) is 0 Å². The third-order valence-corrected chi connectivity index (χ3v) is 3.89. The minimum absolute atomic E-state index is 0.0894. The van der Waals surface area contributed by atoms with Gasteiger partial charge in [-0.15, -0.1) is 0 Å². The maximum Gasteiger partial charge on any atom is 0.313 e. The van der Waals surface area contributed by atoms with Crippen LogP contribution in [0.15, 0.2) is 47.4 Å². The molecule has 2 aromatic carbocycles. The number of hydrogen-bond donors (Lipinski definition) is 0. The van der Waals surface area contributed by atoms with E-state index in [9.17, 15) is 23.8 Å². The van der Waals surface area contributed by atoms with Crippen molar-refractivity contribution in [3.8, 4) is 11.1 Å². The molecule has 0 radical (unpaired) electrons. The summed E-state index contributed by atoms with van der Waals surface area (Å²) in [5.74, 6) is -1.97. The van der Waals surface area contributed by atoms with E-state index in [1.54, 1.807) is 24.3 Å². The number of hydrogen-bond acceptors (Lipinski definition) is 0. The fraction of sp³-hybridized carbons (Fsp3) is 0.0769. The van der Waals surface area contributed by atoms with Gasteiger partial charge in [-0.2, -0.15) is 0 Å². The summed E-state index contributed by atoms with van der Waals surface area (Å²) in [5, 5.41) is 0. The number of benzene rings is 2. The summed E-state index contributed by atoms with van der Waals surface area (Å²) in [7, 11) is -9.99. The highest BCUT2D eigenvalue weighted by Gasteiger charge is 2.67. The van der Waals surface area contributed by atoms with Crippen molar-refractivity contribution in [1.82, 2.24) is 0 Å². The first-order valence-corrected chi connectivity index (χ1v) is 7.43. The van der Waals surface area contributed by atoms with E-state index in [2.05, 4.69) is 0 Å². The van der Waals surface area contributed by atoms with E-state index in [1.807, 2.05) is 6.92 Å². The molecule has 2 aromatic rings. The van der Waals surface area contributed by atoms with Crippen LogP contribution in [0, 0.1) is 12.7 Å². The van der Waals surface area contributed by atoms with E-state index in [0.717, 1.165) is 11.6 Å². The lowest BCUT2D eigenvalue weighted by atomic mass is 10.0. The first-order valence-electron chi connectivity index (χ1n) is 5.47. The molecule has 0 heterocycles. The Morgan fingerprint density at radius 1 is 0.750 bits per heavy atom. The third-order valence-electron chi connectivity index (χ3n) is 2.73. The molecular weight excluding hydrogens is 302 g/mol. The molecule has 110 valence electrons. The van der Waals surface area contributed by atoms with Gasteiger partial charge >= 0.3 is 10.2 Å². The zero-order chi connectivity index (χ0) is 15.2. The molecule has 0 saturated carbocycles. The van der Waals surface area contributed by atoms with Crippen LogP contribution in [0.2, 0.25) is 0 Å². The summed E-state index contributed by atoms with van der Waals surface area (Å²) in [6.45, 7) is 1.81. The molecule has 0 unspecified atom stereocenters. The van der Waals surface area contributed by atoms with Gasteiger partial charge in [-0.25, -0.2) is 4.39 Å². The van der Waals surface area contributed by atoms with Crippen molar-refractivity contribution in [2.24, 2.45) is 0 Å². The highest BCUT2D eigenvalue weighted by Crippen LogP contribution is 3.02. The summed E-state index contributed by atoms with van der Waals surface area (Å²) < 4.78 is 76.2.